The van der Waals surface area contributed by atoms with E-state index < -0.39 is 5.92 Å². The van der Waals surface area contributed by atoms with Gasteiger partial charge < -0.3 is 10.2 Å². The largest absolute Gasteiger partial charge is 0.317 e. The third-order valence-corrected chi connectivity index (χ3v) is 5.58. The van der Waals surface area contributed by atoms with E-state index in [-0.39, 0.29) is 17.9 Å². The van der Waals surface area contributed by atoms with Gasteiger partial charge in [0.15, 0.2) is 0 Å². The number of halogens is 2. The minimum absolute atomic E-state index is 0.121. The Labute approximate surface area is 120 Å². The molecule has 1 saturated carbocycles. The van der Waals surface area contributed by atoms with Crippen LogP contribution in [-0.2, 0) is 0 Å². The fraction of sp³-hybridized carbons (Fsp3) is 1.00. The van der Waals surface area contributed by atoms with Gasteiger partial charge in [-0.3, -0.25) is 4.90 Å². The van der Waals surface area contributed by atoms with Gasteiger partial charge in [0, 0.05) is 24.4 Å². The van der Waals surface area contributed by atoms with Crippen LogP contribution in [0.4, 0.5) is 8.78 Å². The summed E-state index contributed by atoms with van der Waals surface area (Å²) in [7, 11) is 2.24. The summed E-state index contributed by atoms with van der Waals surface area (Å²) in [6.45, 7) is 6.28. The molecule has 1 N–H and O–H groups in total. The first-order chi connectivity index (χ1) is 9.52. The number of alkyl halides is 2. The third-order valence-electron chi connectivity index (χ3n) is 5.58. The Kier molecular flexibility index (Phi) is 4.04. The number of rotatable bonds is 3. The fourth-order valence-electron chi connectivity index (χ4n) is 3.93. The van der Waals surface area contributed by atoms with Gasteiger partial charge in [0.25, 0.3) is 5.92 Å². The molecule has 2 saturated heterocycles. The highest BCUT2D eigenvalue weighted by Gasteiger charge is 2.56. The van der Waals surface area contributed by atoms with Crippen LogP contribution in [0.5, 0.6) is 0 Å². The fourth-order valence-corrected chi connectivity index (χ4v) is 3.93. The zero-order valence-electron chi connectivity index (χ0n) is 12.5. The van der Waals surface area contributed by atoms with Crippen molar-refractivity contribution in [2.75, 3.05) is 46.3 Å². The van der Waals surface area contributed by atoms with Crippen LogP contribution in [0.25, 0.3) is 0 Å². The number of piperidine rings is 1. The van der Waals surface area contributed by atoms with Gasteiger partial charge in [0.1, 0.15) is 0 Å². The van der Waals surface area contributed by atoms with E-state index in [0.717, 1.165) is 45.7 Å². The molecule has 3 fully saturated rings. The Morgan fingerprint density at radius 1 is 1.20 bits per heavy atom. The molecule has 2 heterocycles. The van der Waals surface area contributed by atoms with Crippen LogP contribution in [0.2, 0.25) is 0 Å². The van der Waals surface area contributed by atoms with Crippen LogP contribution in [0.3, 0.4) is 0 Å². The lowest BCUT2D eigenvalue weighted by atomic mass is 9.86. The van der Waals surface area contributed by atoms with Gasteiger partial charge >= 0.3 is 0 Å². The molecule has 20 heavy (non-hydrogen) atoms. The topological polar surface area (TPSA) is 18.5 Å². The summed E-state index contributed by atoms with van der Waals surface area (Å²) >= 11 is 0. The maximum atomic E-state index is 13.0. The first-order valence-electron chi connectivity index (χ1n) is 8.04. The molecule has 0 amide bonds. The first-order valence-corrected chi connectivity index (χ1v) is 8.04. The molecule has 0 aromatic rings. The summed E-state index contributed by atoms with van der Waals surface area (Å²) in [5, 5.41) is 3.44. The number of likely N-dealkylation sites (N-methyl/N-ethyl adjacent to an activating group) is 1. The van der Waals surface area contributed by atoms with Crippen LogP contribution >= 0.6 is 0 Å². The van der Waals surface area contributed by atoms with Gasteiger partial charge in [-0.25, -0.2) is 8.78 Å². The van der Waals surface area contributed by atoms with Gasteiger partial charge in [-0.15, -0.1) is 0 Å². The van der Waals surface area contributed by atoms with Crippen molar-refractivity contribution < 1.29 is 8.78 Å². The lowest BCUT2D eigenvalue weighted by Gasteiger charge is -2.45. The predicted octanol–water partition coefficient (Wildman–Crippen LogP) is 1.79. The van der Waals surface area contributed by atoms with E-state index in [0.29, 0.717) is 6.42 Å². The molecule has 0 bridgehead atoms. The highest BCUT2D eigenvalue weighted by atomic mass is 19.3. The summed E-state index contributed by atoms with van der Waals surface area (Å²) in [6.07, 6.45) is 4.31. The average molecular weight is 287 g/mol. The van der Waals surface area contributed by atoms with Crippen LogP contribution < -0.4 is 5.32 Å². The van der Waals surface area contributed by atoms with Gasteiger partial charge in [-0.1, -0.05) is 0 Å². The molecule has 3 nitrogen and oxygen atoms in total. The molecule has 0 radical (unpaired) electrons. The zero-order chi connectivity index (χ0) is 14.2. The Bertz CT molecular complexity index is 342. The molecule has 1 aliphatic carbocycles. The Morgan fingerprint density at radius 3 is 2.55 bits per heavy atom. The van der Waals surface area contributed by atoms with E-state index >= 15 is 0 Å². The Balaban J connectivity index is 1.57. The van der Waals surface area contributed by atoms with Gasteiger partial charge in [-0.2, -0.15) is 0 Å². The van der Waals surface area contributed by atoms with Crippen LogP contribution in [-0.4, -0.2) is 67.6 Å². The Morgan fingerprint density at radius 2 is 1.90 bits per heavy atom. The third kappa shape index (κ3) is 3.00. The molecule has 1 spiro atoms. The molecular formula is C15H27F2N3. The number of hydrogen-bond acceptors (Lipinski definition) is 3. The van der Waals surface area contributed by atoms with E-state index in [1.165, 1.54) is 12.8 Å². The molecule has 3 rings (SSSR count). The Hall–Kier alpha value is -0.260. The maximum Gasteiger partial charge on any atom is 0.251 e. The molecular weight excluding hydrogens is 260 g/mol. The van der Waals surface area contributed by atoms with Crippen molar-refractivity contribution >= 4 is 0 Å². The molecule has 116 valence electrons. The van der Waals surface area contributed by atoms with E-state index in [4.69, 9.17) is 0 Å². The minimum atomic E-state index is -2.35. The second kappa shape index (κ2) is 5.50. The van der Waals surface area contributed by atoms with E-state index in [2.05, 4.69) is 22.2 Å². The van der Waals surface area contributed by atoms with Gasteiger partial charge in [0.05, 0.1) is 0 Å². The van der Waals surface area contributed by atoms with Crippen LogP contribution in [0.15, 0.2) is 0 Å². The van der Waals surface area contributed by atoms with Crippen molar-refractivity contribution in [3.8, 4) is 0 Å². The van der Waals surface area contributed by atoms with Crippen molar-refractivity contribution in [2.24, 2.45) is 5.92 Å². The quantitative estimate of drug-likeness (QED) is 0.854. The lowest BCUT2D eigenvalue weighted by molar-refractivity contribution is 0.0613. The number of nitrogens with one attached hydrogen (secondary N) is 1. The monoisotopic (exact) mass is 287 g/mol. The summed E-state index contributed by atoms with van der Waals surface area (Å²) in [4.78, 5) is 4.97. The predicted molar refractivity (Wildman–Crippen MR) is 76.2 cm³/mol. The minimum Gasteiger partial charge on any atom is -0.317 e. The highest BCUT2D eigenvalue weighted by Crippen LogP contribution is 2.50. The standard InChI is InChI=1S/C15H27F2N3/c1-19-8-2-9-20(10-3-13-11-15(13,16)17)12-14(19)4-6-18-7-5-14/h13,18H,2-12H2,1H3/t13-/m1/s1. The maximum absolute atomic E-state index is 13.0. The molecule has 0 aromatic carbocycles. The first kappa shape index (κ1) is 14.7. The molecule has 5 heteroatoms. The summed E-state index contributed by atoms with van der Waals surface area (Å²) < 4.78 is 26.0. The van der Waals surface area contributed by atoms with Crippen molar-refractivity contribution in [1.82, 2.24) is 15.1 Å². The summed E-state index contributed by atoms with van der Waals surface area (Å²) in [5.41, 5.74) is 0.272. The second-order valence-corrected chi connectivity index (χ2v) is 6.98. The summed E-state index contributed by atoms with van der Waals surface area (Å²) in [5.74, 6) is -2.69. The molecule has 3 aliphatic rings. The van der Waals surface area contributed by atoms with E-state index in [1.807, 2.05) is 0 Å². The van der Waals surface area contributed by atoms with E-state index in [1.54, 1.807) is 0 Å². The normalized spacial score (nSPS) is 34.0. The van der Waals surface area contributed by atoms with Crippen molar-refractivity contribution in [2.45, 2.75) is 43.6 Å². The SMILES string of the molecule is CN1CCCN(CC[C@@H]2CC2(F)F)CC12CCNCC2. The van der Waals surface area contributed by atoms with Crippen molar-refractivity contribution in [3.05, 3.63) is 0 Å². The molecule has 1 atom stereocenters. The smallest absolute Gasteiger partial charge is 0.251 e. The van der Waals surface area contributed by atoms with Gasteiger partial charge in [0.2, 0.25) is 0 Å². The number of hydrogen-bond donors (Lipinski definition) is 1. The second-order valence-electron chi connectivity index (χ2n) is 6.98. The molecule has 0 unspecified atom stereocenters. The average Bonchev–Trinajstić information content (AvgIpc) is 3.06. The van der Waals surface area contributed by atoms with Crippen molar-refractivity contribution in [1.29, 1.82) is 0 Å². The van der Waals surface area contributed by atoms with E-state index in [9.17, 15) is 8.78 Å². The highest BCUT2D eigenvalue weighted by molar-refractivity contribution is 4.99. The zero-order valence-corrected chi connectivity index (χ0v) is 12.5. The summed E-state index contributed by atoms with van der Waals surface area (Å²) in [6, 6.07) is 0. The number of nitrogens with zero attached hydrogens (tertiary/aromatic N) is 2. The van der Waals surface area contributed by atoms with Gasteiger partial charge in [-0.05, 0) is 65.5 Å². The molecule has 0 aromatic heterocycles. The lowest BCUT2D eigenvalue weighted by Crippen LogP contribution is -2.57. The van der Waals surface area contributed by atoms with Crippen LogP contribution in [0.1, 0.15) is 32.1 Å². The van der Waals surface area contributed by atoms with Crippen molar-refractivity contribution in [3.63, 3.8) is 0 Å². The molecule has 2 aliphatic heterocycles. The van der Waals surface area contributed by atoms with Crippen LogP contribution in [0, 0.1) is 5.92 Å².